The van der Waals surface area contributed by atoms with Crippen LogP contribution in [-0.2, 0) is 6.42 Å². The summed E-state index contributed by atoms with van der Waals surface area (Å²) in [4.78, 5) is 34.7. The van der Waals surface area contributed by atoms with Gasteiger partial charge in [0.05, 0.1) is 24.4 Å². The number of methoxy groups -OCH3 is 1. The third-order valence-corrected chi connectivity index (χ3v) is 5.99. The van der Waals surface area contributed by atoms with E-state index in [0.29, 0.717) is 39.5 Å². The van der Waals surface area contributed by atoms with Crippen molar-refractivity contribution < 1.29 is 23.0 Å². The van der Waals surface area contributed by atoms with Crippen LogP contribution >= 0.6 is 0 Å². The van der Waals surface area contributed by atoms with Gasteiger partial charge in [-0.25, -0.2) is 13.8 Å². The highest BCUT2D eigenvalue weighted by atomic mass is 19.1. The van der Waals surface area contributed by atoms with Gasteiger partial charge in [-0.15, -0.1) is 0 Å². The molecule has 0 bridgehead atoms. The number of nitrogens with zero attached hydrogens (tertiary/aromatic N) is 3. The molecule has 9 heteroatoms. The molecule has 5 aromatic rings. The molecule has 0 atom stereocenters. The van der Waals surface area contributed by atoms with Gasteiger partial charge in [0.1, 0.15) is 17.1 Å². The van der Waals surface area contributed by atoms with Crippen molar-refractivity contribution in [2.45, 2.75) is 13.3 Å². The molecule has 0 aliphatic heterocycles. The number of fused-ring (bicyclic) bond motifs is 1. The van der Waals surface area contributed by atoms with Gasteiger partial charge < -0.3 is 9.47 Å². The van der Waals surface area contributed by atoms with Crippen molar-refractivity contribution in [2.75, 3.05) is 7.11 Å². The van der Waals surface area contributed by atoms with Crippen LogP contribution < -0.4 is 15.0 Å². The molecule has 0 aliphatic rings. The van der Waals surface area contributed by atoms with Crippen LogP contribution in [0.5, 0.6) is 17.2 Å². The first kappa shape index (κ1) is 24.8. The van der Waals surface area contributed by atoms with Gasteiger partial charge in [-0.3, -0.25) is 19.1 Å². The van der Waals surface area contributed by atoms with Crippen LogP contribution in [0.3, 0.4) is 0 Å². The van der Waals surface area contributed by atoms with Gasteiger partial charge in [0.2, 0.25) is 0 Å². The van der Waals surface area contributed by atoms with Crippen LogP contribution in [0.4, 0.5) is 8.78 Å². The summed E-state index contributed by atoms with van der Waals surface area (Å²) in [5, 5.41) is 0. The Morgan fingerprint density at radius 1 is 0.947 bits per heavy atom. The quantitative estimate of drug-likeness (QED) is 0.264. The number of benzene rings is 2. The van der Waals surface area contributed by atoms with E-state index in [-0.39, 0.29) is 17.7 Å². The van der Waals surface area contributed by atoms with Crippen LogP contribution in [0.25, 0.3) is 16.7 Å². The number of ketones is 1. The molecule has 3 aromatic heterocycles. The SMILES string of the molecule is COc1cnc2c(Oc3ccc(CC(=O)c4ccc(C)n(-c5ccc(F)cc5)c4=O)cc3F)ccnc2c1. The number of hydrogen-bond acceptors (Lipinski definition) is 6. The predicted molar refractivity (Wildman–Crippen MR) is 137 cm³/mol. The summed E-state index contributed by atoms with van der Waals surface area (Å²) in [5.74, 6) is -0.810. The van der Waals surface area contributed by atoms with Gasteiger partial charge in [-0.05, 0) is 61.0 Å². The minimum atomic E-state index is -0.679. The van der Waals surface area contributed by atoms with Crippen molar-refractivity contribution in [1.82, 2.24) is 14.5 Å². The number of Topliss-reactive ketones (excluding diaryl/α,β-unsaturated/α-hetero) is 1. The van der Waals surface area contributed by atoms with Crippen LogP contribution in [0, 0.1) is 18.6 Å². The smallest absolute Gasteiger partial charge is 0.266 e. The lowest BCUT2D eigenvalue weighted by atomic mass is 10.0. The summed E-state index contributed by atoms with van der Waals surface area (Å²) in [7, 11) is 1.52. The average Bonchev–Trinajstić information content (AvgIpc) is 2.91. The van der Waals surface area contributed by atoms with Gasteiger partial charge in [0.25, 0.3) is 5.56 Å². The maximum atomic E-state index is 15.0. The number of pyridine rings is 3. The monoisotopic (exact) mass is 513 g/mol. The standard InChI is InChI=1S/C29H21F2N3O4/c1-17-3-9-22(29(36)34(17)20-7-5-19(30)6-8-20)25(35)14-18-4-10-26(23(31)13-18)38-27-11-12-32-24-15-21(37-2)16-33-28(24)27/h3-13,15-16H,14H2,1-2H3. The molecule has 0 unspecified atom stereocenters. The average molecular weight is 514 g/mol. The molecule has 0 aliphatic carbocycles. The number of hydrogen-bond donors (Lipinski definition) is 0. The second-order valence-corrected chi connectivity index (χ2v) is 8.52. The van der Waals surface area contributed by atoms with Crippen molar-refractivity contribution in [3.05, 3.63) is 118 Å². The molecule has 2 aromatic carbocycles. The molecule has 7 nitrogen and oxygen atoms in total. The third-order valence-electron chi connectivity index (χ3n) is 5.99. The third kappa shape index (κ3) is 4.86. The van der Waals surface area contributed by atoms with Crippen molar-refractivity contribution >= 4 is 16.8 Å². The van der Waals surface area contributed by atoms with E-state index >= 15 is 0 Å². The van der Waals surface area contributed by atoms with Crippen molar-refractivity contribution in [3.8, 4) is 22.9 Å². The van der Waals surface area contributed by atoms with Gasteiger partial charge in [-0.2, -0.15) is 0 Å². The predicted octanol–water partition coefficient (Wildman–Crippen LogP) is 5.59. The van der Waals surface area contributed by atoms with E-state index in [1.165, 1.54) is 66.5 Å². The molecule has 190 valence electrons. The minimum absolute atomic E-state index is 0.0505. The van der Waals surface area contributed by atoms with Gasteiger partial charge >= 0.3 is 0 Å². The summed E-state index contributed by atoms with van der Waals surface area (Å²) >= 11 is 0. The Balaban J connectivity index is 1.38. The zero-order chi connectivity index (χ0) is 26.8. The van der Waals surface area contributed by atoms with Gasteiger partial charge in [-0.1, -0.05) is 6.07 Å². The molecule has 0 saturated carbocycles. The maximum absolute atomic E-state index is 15.0. The van der Waals surface area contributed by atoms with E-state index in [9.17, 15) is 18.4 Å². The highest BCUT2D eigenvalue weighted by Crippen LogP contribution is 2.31. The van der Waals surface area contributed by atoms with E-state index in [2.05, 4.69) is 9.97 Å². The van der Waals surface area contributed by atoms with Crippen LogP contribution in [0.1, 0.15) is 21.6 Å². The van der Waals surface area contributed by atoms with E-state index in [1.54, 1.807) is 31.2 Å². The number of carbonyl (C=O) groups excluding carboxylic acids is 1. The Morgan fingerprint density at radius 3 is 2.47 bits per heavy atom. The number of halogens is 2. The highest BCUT2D eigenvalue weighted by molar-refractivity contribution is 5.97. The Hall–Kier alpha value is -4.92. The minimum Gasteiger partial charge on any atom is -0.495 e. The first-order chi connectivity index (χ1) is 18.3. The fourth-order valence-electron chi connectivity index (χ4n) is 4.07. The number of ether oxygens (including phenoxy) is 2. The summed E-state index contributed by atoms with van der Waals surface area (Å²) in [6.45, 7) is 1.71. The second kappa shape index (κ2) is 10.2. The van der Waals surface area contributed by atoms with E-state index in [1.807, 2.05) is 0 Å². The number of aryl methyl sites for hydroxylation is 1. The lowest BCUT2D eigenvalue weighted by molar-refractivity contribution is 0.0991. The Kier molecular flexibility index (Phi) is 6.66. The molecule has 0 fully saturated rings. The maximum Gasteiger partial charge on any atom is 0.266 e. The fraction of sp³-hybridized carbons (Fsp3) is 0.103. The largest absolute Gasteiger partial charge is 0.495 e. The van der Waals surface area contributed by atoms with Gasteiger partial charge in [0.15, 0.2) is 23.1 Å². The zero-order valence-corrected chi connectivity index (χ0v) is 20.4. The zero-order valence-electron chi connectivity index (χ0n) is 20.4. The Bertz CT molecular complexity index is 1730. The topological polar surface area (TPSA) is 83.3 Å². The van der Waals surface area contributed by atoms with Crippen molar-refractivity contribution in [1.29, 1.82) is 0 Å². The van der Waals surface area contributed by atoms with Crippen LogP contribution in [0.2, 0.25) is 0 Å². The lowest BCUT2D eigenvalue weighted by Crippen LogP contribution is -2.27. The molecule has 0 N–H and O–H groups in total. The number of aromatic nitrogens is 3. The second-order valence-electron chi connectivity index (χ2n) is 8.52. The van der Waals surface area contributed by atoms with Crippen LogP contribution in [0.15, 0.2) is 83.9 Å². The van der Waals surface area contributed by atoms with Gasteiger partial charge in [0, 0.05) is 36.1 Å². The summed E-state index contributed by atoms with van der Waals surface area (Å²) in [6, 6.07) is 15.9. The lowest BCUT2D eigenvalue weighted by Gasteiger charge is -2.12. The van der Waals surface area contributed by atoms with Crippen LogP contribution in [-0.4, -0.2) is 27.4 Å². The molecule has 0 saturated heterocycles. The van der Waals surface area contributed by atoms with Crippen molar-refractivity contribution in [2.24, 2.45) is 0 Å². The summed E-state index contributed by atoms with van der Waals surface area (Å²) in [6.07, 6.45) is 2.83. The number of rotatable bonds is 7. The number of carbonyl (C=O) groups is 1. The molecule has 5 rings (SSSR count). The molecule has 38 heavy (non-hydrogen) atoms. The highest BCUT2D eigenvalue weighted by Gasteiger charge is 2.17. The molecular weight excluding hydrogens is 492 g/mol. The van der Waals surface area contributed by atoms with E-state index in [0.717, 1.165) is 0 Å². The normalized spacial score (nSPS) is 10.9. The first-order valence-corrected chi connectivity index (χ1v) is 11.6. The molecule has 0 spiro atoms. The molecule has 3 heterocycles. The summed E-state index contributed by atoms with van der Waals surface area (Å²) in [5.41, 5.74) is 1.77. The van der Waals surface area contributed by atoms with E-state index in [4.69, 9.17) is 9.47 Å². The molecule has 0 radical (unpaired) electrons. The molecule has 0 amide bonds. The fourth-order valence-corrected chi connectivity index (χ4v) is 4.07. The first-order valence-electron chi connectivity index (χ1n) is 11.6. The van der Waals surface area contributed by atoms with Crippen molar-refractivity contribution in [3.63, 3.8) is 0 Å². The Labute approximate surface area is 215 Å². The summed E-state index contributed by atoms with van der Waals surface area (Å²) < 4.78 is 40.6. The molecular formula is C29H21F2N3O4. The van der Waals surface area contributed by atoms with E-state index < -0.39 is 23.0 Å². The Morgan fingerprint density at radius 2 is 1.74 bits per heavy atom.